The number of methoxy groups -OCH3 is 1. The van der Waals surface area contributed by atoms with Crippen molar-refractivity contribution in [3.63, 3.8) is 0 Å². The van der Waals surface area contributed by atoms with Gasteiger partial charge in [0.05, 0.1) is 23.0 Å². The Labute approximate surface area is 182 Å². The minimum absolute atomic E-state index is 0.00396. The molecule has 2 unspecified atom stereocenters. The van der Waals surface area contributed by atoms with E-state index in [4.69, 9.17) is 9.73 Å². The first-order valence-electron chi connectivity index (χ1n) is 11.2. The van der Waals surface area contributed by atoms with Gasteiger partial charge in [-0.05, 0) is 74.1 Å². The van der Waals surface area contributed by atoms with Crippen molar-refractivity contribution in [3.8, 4) is 0 Å². The molecule has 7 nitrogen and oxygen atoms in total. The average molecular weight is 420 g/mol. The summed E-state index contributed by atoms with van der Waals surface area (Å²) in [6, 6.07) is 6.01. The van der Waals surface area contributed by atoms with Crippen LogP contribution < -0.4 is 5.32 Å². The van der Waals surface area contributed by atoms with Gasteiger partial charge in [0, 0.05) is 26.7 Å². The van der Waals surface area contributed by atoms with E-state index in [9.17, 15) is 4.79 Å². The second-order valence-corrected chi connectivity index (χ2v) is 10.2. The molecule has 31 heavy (non-hydrogen) atoms. The van der Waals surface area contributed by atoms with Gasteiger partial charge in [-0.3, -0.25) is 9.69 Å². The molecule has 1 aromatic carbocycles. The normalized spacial score (nSPS) is 35.5. The molecule has 2 heterocycles. The Bertz CT molecular complexity index is 1130. The van der Waals surface area contributed by atoms with Gasteiger partial charge in [-0.15, -0.1) is 0 Å². The number of aryl methyl sites for hydroxylation is 1. The van der Waals surface area contributed by atoms with E-state index in [0.29, 0.717) is 23.5 Å². The first-order chi connectivity index (χ1) is 14.9. The molecule has 162 valence electrons. The van der Waals surface area contributed by atoms with Gasteiger partial charge < -0.3 is 14.6 Å². The molecule has 2 atom stereocenters. The number of amides is 1. The minimum atomic E-state index is -0.0706. The molecule has 1 N–H and O–H groups in total. The number of imidazole rings is 1. The highest BCUT2D eigenvalue weighted by molar-refractivity contribution is 6.13. The monoisotopic (exact) mass is 419 g/mol. The fourth-order valence-electron chi connectivity index (χ4n) is 6.90. The van der Waals surface area contributed by atoms with Crippen LogP contribution in [-0.4, -0.2) is 51.6 Å². The highest BCUT2D eigenvalue weighted by Gasteiger charge is 2.58. The van der Waals surface area contributed by atoms with Gasteiger partial charge in [0.2, 0.25) is 5.96 Å². The summed E-state index contributed by atoms with van der Waals surface area (Å²) < 4.78 is 8.03. The van der Waals surface area contributed by atoms with Crippen LogP contribution in [-0.2, 0) is 16.6 Å². The van der Waals surface area contributed by atoms with Gasteiger partial charge in [-0.1, -0.05) is 6.07 Å². The Morgan fingerprint density at radius 2 is 1.97 bits per heavy atom. The minimum Gasteiger partial charge on any atom is -0.378 e. The molecular formula is C24H29N5O2. The lowest BCUT2D eigenvalue weighted by Crippen LogP contribution is -2.67. The summed E-state index contributed by atoms with van der Waals surface area (Å²) in [5.74, 6) is 2.01. The number of fused-ring (bicyclic) bond motifs is 1. The molecule has 4 fully saturated rings. The molecule has 1 aliphatic heterocycles. The number of guanidine groups is 1. The van der Waals surface area contributed by atoms with Crippen molar-refractivity contribution in [2.24, 2.45) is 23.9 Å². The number of aromatic nitrogens is 2. The van der Waals surface area contributed by atoms with Crippen molar-refractivity contribution in [2.45, 2.75) is 49.7 Å². The fraction of sp³-hybridized carbons (Fsp3) is 0.542. The van der Waals surface area contributed by atoms with E-state index in [0.717, 1.165) is 35.9 Å². The SMILES string of the molecule is COC12CC3CC(CC(NC4=N/C(=C\c5ccc6ncn(C)c6c5)C(=O)N4C)(C3)C1)C2. The maximum absolute atomic E-state index is 13.0. The van der Waals surface area contributed by atoms with E-state index in [2.05, 4.69) is 10.3 Å². The highest BCUT2D eigenvalue weighted by Crippen LogP contribution is 2.58. The Kier molecular flexibility index (Phi) is 3.94. The molecule has 0 spiro atoms. The predicted octanol–water partition coefficient (Wildman–Crippen LogP) is 3.07. The van der Waals surface area contributed by atoms with Crippen LogP contribution in [0.1, 0.15) is 44.1 Å². The molecule has 7 heteroatoms. The Hall–Kier alpha value is -2.67. The predicted molar refractivity (Wildman–Crippen MR) is 119 cm³/mol. The summed E-state index contributed by atoms with van der Waals surface area (Å²) in [5, 5.41) is 3.73. The van der Waals surface area contributed by atoms with E-state index < -0.39 is 0 Å². The van der Waals surface area contributed by atoms with Crippen molar-refractivity contribution < 1.29 is 9.53 Å². The third kappa shape index (κ3) is 2.93. The summed E-state index contributed by atoms with van der Waals surface area (Å²) in [7, 11) is 5.65. The van der Waals surface area contributed by atoms with Gasteiger partial charge >= 0.3 is 0 Å². The number of hydrogen-bond acceptors (Lipinski definition) is 5. The lowest BCUT2D eigenvalue weighted by atomic mass is 9.51. The zero-order valence-corrected chi connectivity index (χ0v) is 18.4. The molecule has 4 aliphatic carbocycles. The second-order valence-electron chi connectivity index (χ2n) is 10.2. The van der Waals surface area contributed by atoms with Crippen molar-refractivity contribution in [2.75, 3.05) is 14.2 Å². The lowest BCUT2D eigenvalue weighted by molar-refractivity contribution is -0.157. The van der Waals surface area contributed by atoms with Gasteiger partial charge in [-0.25, -0.2) is 9.98 Å². The Balaban J connectivity index is 1.30. The first-order valence-corrected chi connectivity index (χ1v) is 11.2. The number of carbonyl (C=O) groups is 1. The summed E-state index contributed by atoms with van der Waals surface area (Å²) >= 11 is 0. The van der Waals surface area contributed by atoms with Crippen LogP contribution in [0.15, 0.2) is 35.2 Å². The molecule has 4 saturated carbocycles. The largest absolute Gasteiger partial charge is 0.378 e. The number of likely N-dealkylation sites (N-methyl/N-ethyl adjacent to an activating group) is 1. The standard InChI is InChI=1S/C24H29N5O2/c1-28-14-25-18-5-4-15(8-20(18)28)7-19-21(30)29(2)22(26-19)27-23-9-16-6-17(10-23)12-24(11-16,13-23)31-3/h4-5,7-8,14,16-17H,6,9-13H2,1-3H3,(H,26,27)/b19-7-. The van der Waals surface area contributed by atoms with E-state index in [1.807, 2.05) is 50.0 Å². The average Bonchev–Trinajstić information content (AvgIpc) is 3.22. The molecule has 0 radical (unpaired) electrons. The van der Waals surface area contributed by atoms with E-state index in [-0.39, 0.29) is 17.0 Å². The molecular weight excluding hydrogens is 390 g/mol. The summed E-state index contributed by atoms with van der Waals surface area (Å²) in [5.41, 5.74) is 3.38. The first kappa shape index (κ1) is 19.0. The highest BCUT2D eigenvalue weighted by atomic mass is 16.5. The molecule has 0 saturated heterocycles. The molecule has 7 rings (SSSR count). The quantitative estimate of drug-likeness (QED) is 0.776. The topological polar surface area (TPSA) is 71.7 Å². The van der Waals surface area contributed by atoms with E-state index in [1.165, 1.54) is 19.3 Å². The van der Waals surface area contributed by atoms with Crippen LogP contribution in [0, 0.1) is 11.8 Å². The van der Waals surface area contributed by atoms with Crippen molar-refractivity contribution in [1.82, 2.24) is 19.8 Å². The van der Waals surface area contributed by atoms with Gasteiger partial charge in [0.15, 0.2) is 0 Å². The maximum Gasteiger partial charge on any atom is 0.279 e. The second kappa shape index (κ2) is 6.42. The molecule has 1 aromatic heterocycles. The van der Waals surface area contributed by atoms with Crippen LogP contribution in [0.2, 0.25) is 0 Å². The van der Waals surface area contributed by atoms with E-state index >= 15 is 0 Å². The number of ether oxygens (including phenoxy) is 1. The number of aliphatic imine (C=N–C) groups is 1. The van der Waals surface area contributed by atoms with Crippen LogP contribution in [0.5, 0.6) is 0 Å². The summed E-state index contributed by atoms with van der Waals surface area (Å²) in [6.07, 6.45) is 10.6. The van der Waals surface area contributed by atoms with Crippen LogP contribution in [0.25, 0.3) is 17.1 Å². The number of nitrogens with zero attached hydrogens (tertiary/aromatic N) is 4. The van der Waals surface area contributed by atoms with Crippen molar-refractivity contribution in [1.29, 1.82) is 0 Å². The number of rotatable bonds is 3. The van der Waals surface area contributed by atoms with Gasteiger partial charge in [0.25, 0.3) is 5.91 Å². The number of hydrogen-bond donors (Lipinski definition) is 1. The summed E-state index contributed by atoms with van der Waals surface area (Å²) in [4.78, 5) is 23.7. The lowest BCUT2D eigenvalue weighted by Gasteiger charge is -2.61. The number of carbonyl (C=O) groups excluding carboxylic acids is 1. The molecule has 2 aromatic rings. The maximum atomic E-state index is 13.0. The third-order valence-electron chi connectivity index (χ3n) is 7.94. The van der Waals surface area contributed by atoms with Crippen molar-refractivity contribution >= 4 is 29.0 Å². The Morgan fingerprint density at radius 1 is 1.19 bits per heavy atom. The summed E-state index contributed by atoms with van der Waals surface area (Å²) in [6.45, 7) is 0. The number of benzene rings is 1. The molecule has 5 aliphatic rings. The van der Waals surface area contributed by atoms with E-state index in [1.54, 1.807) is 11.2 Å². The van der Waals surface area contributed by atoms with Gasteiger partial charge in [-0.2, -0.15) is 0 Å². The smallest absolute Gasteiger partial charge is 0.279 e. The zero-order chi connectivity index (χ0) is 21.4. The Morgan fingerprint density at radius 3 is 2.71 bits per heavy atom. The molecule has 1 amide bonds. The van der Waals surface area contributed by atoms with Crippen LogP contribution >= 0.6 is 0 Å². The number of nitrogens with one attached hydrogen (secondary N) is 1. The molecule has 4 bridgehead atoms. The fourth-order valence-corrected chi connectivity index (χ4v) is 6.90. The zero-order valence-electron chi connectivity index (χ0n) is 18.4. The van der Waals surface area contributed by atoms with Crippen LogP contribution in [0.3, 0.4) is 0 Å². The van der Waals surface area contributed by atoms with Gasteiger partial charge in [0.1, 0.15) is 5.70 Å². The van der Waals surface area contributed by atoms with Crippen molar-refractivity contribution in [3.05, 3.63) is 35.8 Å². The third-order valence-corrected chi connectivity index (χ3v) is 7.94. The van der Waals surface area contributed by atoms with Crippen LogP contribution in [0.4, 0.5) is 0 Å².